The number of hydrogen-bond donors (Lipinski definition) is 2. The summed E-state index contributed by atoms with van der Waals surface area (Å²) in [5.74, 6) is -0.482. The maximum absolute atomic E-state index is 13.1. The average molecular weight is 390 g/mol. The molecule has 0 saturated carbocycles. The maximum Gasteiger partial charge on any atom is 0.433 e. The minimum Gasteiger partial charge on any atom is -0.352 e. The zero-order valence-corrected chi connectivity index (χ0v) is 14.5. The van der Waals surface area contributed by atoms with Crippen molar-refractivity contribution in [1.82, 2.24) is 9.97 Å². The van der Waals surface area contributed by atoms with E-state index in [2.05, 4.69) is 20.6 Å². The summed E-state index contributed by atoms with van der Waals surface area (Å²) < 4.78 is 39.3. The van der Waals surface area contributed by atoms with E-state index in [-0.39, 0.29) is 34.2 Å². The highest BCUT2D eigenvalue weighted by atomic mass is 35.5. The van der Waals surface area contributed by atoms with E-state index in [1.54, 1.807) is 6.92 Å². The number of aromatic nitrogens is 2. The van der Waals surface area contributed by atoms with Crippen molar-refractivity contribution in [3.8, 4) is 0 Å². The predicted octanol–water partition coefficient (Wildman–Crippen LogP) is 5.01. The van der Waals surface area contributed by atoms with Gasteiger partial charge in [-0.3, -0.25) is 10.1 Å². The third kappa shape index (κ3) is 4.94. The standard InChI is InChI=1S/C15H15ClF3N5O2/c1-3-8(2)20-14-22-12(15(17,18)19)7-13(23-14)21-10-6-9(16)4-5-11(10)24(25)26/h4-8H,3H2,1-2H3,(H2,20,21,22,23)/t8-/m1/s1. The van der Waals surface area contributed by atoms with Gasteiger partial charge in [-0.05, 0) is 25.5 Å². The van der Waals surface area contributed by atoms with Gasteiger partial charge in [0.1, 0.15) is 11.5 Å². The Kier molecular flexibility index (Phi) is 5.86. The molecular formula is C15H15ClF3N5O2. The van der Waals surface area contributed by atoms with Gasteiger partial charge in [-0.1, -0.05) is 18.5 Å². The summed E-state index contributed by atoms with van der Waals surface area (Å²) >= 11 is 5.82. The molecule has 26 heavy (non-hydrogen) atoms. The van der Waals surface area contributed by atoms with Crippen LogP contribution in [0.1, 0.15) is 26.0 Å². The molecule has 2 rings (SSSR count). The highest BCUT2D eigenvalue weighted by Gasteiger charge is 2.34. The molecule has 0 aliphatic carbocycles. The van der Waals surface area contributed by atoms with Gasteiger partial charge in [-0.15, -0.1) is 0 Å². The summed E-state index contributed by atoms with van der Waals surface area (Å²) in [6, 6.07) is 4.20. The fraction of sp³-hybridized carbons (Fsp3) is 0.333. The fourth-order valence-electron chi connectivity index (χ4n) is 1.95. The molecule has 2 aromatic rings. The predicted molar refractivity (Wildman–Crippen MR) is 91.8 cm³/mol. The first-order chi connectivity index (χ1) is 12.1. The number of nitro groups is 1. The molecule has 0 unspecified atom stereocenters. The topological polar surface area (TPSA) is 93.0 Å². The van der Waals surface area contributed by atoms with Gasteiger partial charge in [-0.25, -0.2) is 4.98 Å². The first-order valence-corrected chi connectivity index (χ1v) is 7.91. The first kappa shape index (κ1) is 19.7. The van der Waals surface area contributed by atoms with Gasteiger partial charge < -0.3 is 10.6 Å². The number of halogens is 4. The molecule has 11 heteroatoms. The van der Waals surface area contributed by atoms with Crippen LogP contribution >= 0.6 is 11.6 Å². The summed E-state index contributed by atoms with van der Waals surface area (Å²) in [7, 11) is 0. The van der Waals surface area contributed by atoms with Crippen LogP contribution in [0.2, 0.25) is 5.02 Å². The zero-order valence-electron chi connectivity index (χ0n) is 13.8. The Morgan fingerprint density at radius 1 is 1.31 bits per heavy atom. The number of hydrogen-bond acceptors (Lipinski definition) is 6. The molecule has 1 aromatic heterocycles. The van der Waals surface area contributed by atoms with E-state index in [9.17, 15) is 23.3 Å². The van der Waals surface area contributed by atoms with Crippen LogP contribution in [0.3, 0.4) is 0 Å². The second-order valence-corrected chi connectivity index (χ2v) is 5.89. The third-order valence-corrected chi connectivity index (χ3v) is 3.66. The number of alkyl halides is 3. The molecule has 1 aromatic carbocycles. The van der Waals surface area contributed by atoms with Crippen molar-refractivity contribution in [3.63, 3.8) is 0 Å². The minimum atomic E-state index is -4.70. The van der Waals surface area contributed by atoms with Crippen LogP contribution in [0.25, 0.3) is 0 Å². The third-order valence-electron chi connectivity index (χ3n) is 3.42. The van der Waals surface area contributed by atoms with Gasteiger partial charge in [0.05, 0.1) is 4.92 Å². The second-order valence-electron chi connectivity index (χ2n) is 5.46. The quantitative estimate of drug-likeness (QED) is 0.532. The summed E-state index contributed by atoms with van der Waals surface area (Å²) in [6.45, 7) is 3.61. The van der Waals surface area contributed by atoms with Gasteiger partial charge in [0.15, 0.2) is 5.69 Å². The lowest BCUT2D eigenvalue weighted by atomic mass is 10.2. The molecule has 0 bridgehead atoms. The summed E-state index contributed by atoms with van der Waals surface area (Å²) in [4.78, 5) is 17.8. The Balaban J connectivity index is 2.47. The van der Waals surface area contributed by atoms with Crippen molar-refractivity contribution in [2.24, 2.45) is 0 Å². The van der Waals surface area contributed by atoms with E-state index in [1.165, 1.54) is 12.1 Å². The number of benzene rings is 1. The Hall–Kier alpha value is -2.62. The Morgan fingerprint density at radius 2 is 2.00 bits per heavy atom. The summed E-state index contributed by atoms with van der Waals surface area (Å²) in [6.07, 6.45) is -4.06. The van der Waals surface area contributed by atoms with Gasteiger partial charge in [0.2, 0.25) is 5.95 Å². The summed E-state index contributed by atoms with van der Waals surface area (Å²) in [5, 5.41) is 16.6. The molecule has 1 heterocycles. The fourth-order valence-corrected chi connectivity index (χ4v) is 2.12. The van der Waals surface area contributed by atoms with Crippen LogP contribution in [-0.2, 0) is 6.18 Å². The van der Waals surface area contributed by atoms with Gasteiger partial charge in [-0.2, -0.15) is 18.2 Å². The molecule has 0 radical (unpaired) electrons. The number of rotatable bonds is 6. The molecule has 140 valence electrons. The maximum atomic E-state index is 13.1. The van der Waals surface area contributed by atoms with Crippen LogP contribution < -0.4 is 10.6 Å². The van der Waals surface area contributed by atoms with Crippen molar-refractivity contribution in [3.05, 3.63) is 45.1 Å². The molecule has 0 amide bonds. The molecule has 0 spiro atoms. The smallest absolute Gasteiger partial charge is 0.352 e. The largest absolute Gasteiger partial charge is 0.433 e. The lowest BCUT2D eigenvalue weighted by Crippen LogP contribution is -2.18. The van der Waals surface area contributed by atoms with Gasteiger partial charge in [0.25, 0.3) is 5.69 Å². The number of anilines is 3. The van der Waals surface area contributed by atoms with E-state index < -0.39 is 16.8 Å². The average Bonchev–Trinajstić information content (AvgIpc) is 2.53. The van der Waals surface area contributed by atoms with E-state index in [0.717, 1.165) is 6.07 Å². The molecular weight excluding hydrogens is 375 g/mol. The van der Waals surface area contributed by atoms with E-state index in [4.69, 9.17) is 11.6 Å². The highest BCUT2D eigenvalue weighted by Crippen LogP contribution is 2.33. The van der Waals surface area contributed by atoms with Crippen molar-refractivity contribution < 1.29 is 18.1 Å². The molecule has 1 atom stereocenters. The van der Waals surface area contributed by atoms with E-state index in [0.29, 0.717) is 12.5 Å². The van der Waals surface area contributed by atoms with Crippen LogP contribution in [0.15, 0.2) is 24.3 Å². The lowest BCUT2D eigenvalue weighted by molar-refractivity contribution is -0.383. The Bertz CT molecular complexity index is 816. The van der Waals surface area contributed by atoms with E-state index >= 15 is 0 Å². The Labute approximate surface area is 151 Å². The monoisotopic (exact) mass is 389 g/mol. The lowest BCUT2D eigenvalue weighted by Gasteiger charge is -2.15. The number of nitrogens with zero attached hydrogens (tertiary/aromatic N) is 3. The van der Waals surface area contributed by atoms with Crippen LogP contribution in [0, 0.1) is 10.1 Å². The van der Waals surface area contributed by atoms with Crippen molar-refractivity contribution in [1.29, 1.82) is 0 Å². The van der Waals surface area contributed by atoms with E-state index in [1.807, 2.05) is 6.92 Å². The Morgan fingerprint density at radius 3 is 2.58 bits per heavy atom. The van der Waals surface area contributed by atoms with Crippen molar-refractivity contribution >= 4 is 34.7 Å². The van der Waals surface area contributed by atoms with Crippen molar-refractivity contribution in [2.75, 3.05) is 10.6 Å². The van der Waals surface area contributed by atoms with Crippen LogP contribution in [0.4, 0.5) is 36.3 Å². The van der Waals surface area contributed by atoms with Gasteiger partial charge >= 0.3 is 6.18 Å². The number of nitrogens with one attached hydrogen (secondary N) is 2. The highest BCUT2D eigenvalue weighted by molar-refractivity contribution is 6.31. The molecule has 7 nitrogen and oxygen atoms in total. The zero-order chi connectivity index (χ0) is 19.5. The molecule has 0 aliphatic rings. The van der Waals surface area contributed by atoms with Crippen LogP contribution in [-0.4, -0.2) is 20.9 Å². The molecule has 0 aliphatic heterocycles. The molecule has 2 N–H and O–H groups in total. The summed E-state index contributed by atoms with van der Waals surface area (Å²) in [5.41, 5.74) is -1.60. The first-order valence-electron chi connectivity index (χ1n) is 7.54. The molecule has 0 saturated heterocycles. The van der Waals surface area contributed by atoms with Gasteiger partial charge in [0, 0.05) is 23.2 Å². The van der Waals surface area contributed by atoms with Crippen molar-refractivity contribution in [2.45, 2.75) is 32.5 Å². The normalized spacial score (nSPS) is 12.5. The second kappa shape index (κ2) is 7.73. The SMILES string of the molecule is CC[C@@H](C)Nc1nc(Nc2cc(Cl)ccc2[N+](=O)[O-])cc(C(F)(F)F)n1. The van der Waals surface area contributed by atoms with Crippen LogP contribution in [0.5, 0.6) is 0 Å². The molecule has 0 fully saturated rings. The number of nitro benzene ring substituents is 1. The minimum absolute atomic E-state index is 0.0798.